The fourth-order valence-corrected chi connectivity index (χ4v) is 3.15. The van der Waals surface area contributed by atoms with E-state index < -0.39 is 0 Å². The van der Waals surface area contributed by atoms with E-state index in [1.54, 1.807) is 0 Å². The molecule has 2 heteroatoms. The topological polar surface area (TPSA) is 43.1 Å². The zero-order chi connectivity index (χ0) is 13.8. The van der Waals surface area contributed by atoms with Crippen LogP contribution in [-0.2, 0) is 11.2 Å². The van der Waals surface area contributed by atoms with Crippen LogP contribution >= 0.6 is 0 Å². The van der Waals surface area contributed by atoms with Gasteiger partial charge in [-0.05, 0) is 48.3 Å². The Bertz CT molecular complexity index is 439. The first-order valence-electron chi connectivity index (χ1n) is 7.39. The lowest BCUT2D eigenvalue weighted by molar-refractivity contribution is -0.120. The molecular formula is C17H25NO. The number of hydrogen-bond donors (Lipinski definition) is 1. The van der Waals surface area contributed by atoms with Gasteiger partial charge in [-0.2, -0.15) is 0 Å². The van der Waals surface area contributed by atoms with Crippen molar-refractivity contribution in [2.75, 3.05) is 6.54 Å². The third kappa shape index (κ3) is 3.66. The van der Waals surface area contributed by atoms with Crippen LogP contribution in [0.1, 0.15) is 50.2 Å². The largest absolute Gasteiger partial charge is 0.330 e. The summed E-state index contributed by atoms with van der Waals surface area (Å²) in [5.41, 5.74) is 8.56. The smallest absolute Gasteiger partial charge is 0.133 e. The Balaban J connectivity index is 1.83. The number of nitrogens with two attached hydrogens (primary N) is 1. The van der Waals surface area contributed by atoms with Crippen LogP contribution in [-0.4, -0.2) is 12.3 Å². The average molecular weight is 259 g/mol. The van der Waals surface area contributed by atoms with E-state index in [1.807, 2.05) is 0 Å². The summed E-state index contributed by atoms with van der Waals surface area (Å²) in [5, 5.41) is 0. The van der Waals surface area contributed by atoms with Gasteiger partial charge in [-0.15, -0.1) is 0 Å². The van der Waals surface area contributed by atoms with Crippen molar-refractivity contribution >= 4 is 5.78 Å². The van der Waals surface area contributed by atoms with Crippen molar-refractivity contribution in [2.45, 2.75) is 45.4 Å². The minimum atomic E-state index is 0.364. The summed E-state index contributed by atoms with van der Waals surface area (Å²) in [5.74, 6) is 1.82. The maximum absolute atomic E-state index is 12.2. The SMILES string of the molecule is CC(C)CC(CN)CC(=O)CC1Cc2ccccc21. The Labute approximate surface area is 116 Å². The molecule has 0 spiro atoms. The molecule has 2 nitrogen and oxygen atoms in total. The summed E-state index contributed by atoms with van der Waals surface area (Å²) in [6.45, 7) is 5.01. The normalized spacial score (nSPS) is 18.8. The van der Waals surface area contributed by atoms with Crippen LogP contribution in [0.3, 0.4) is 0 Å². The zero-order valence-corrected chi connectivity index (χ0v) is 12.1. The number of hydrogen-bond acceptors (Lipinski definition) is 2. The van der Waals surface area contributed by atoms with Crippen molar-refractivity contribution in [3.05, 3.63) is 35.4 Å². The second kappa shape index (κ2) is 6.33. The van der Waals surface area contributed by atoms with Crippen molar-refractivity contribution in [1.82, 2.24) is 0 Å². The van der Waals surface area contributed by atoms with Gasteiger partial charge in [0.1, 0.15) is 5.78 Å². The highest BCUT2D eigenvalue weighted by Gasteiger charge is 2.28. The molecule has 19 heavy (non-hydrogen) atoms. The summed E-state index contributed by atoms with van der Waals surface area (Å²) in [6.07, 6.45) is 3.49. The van der Waals surface area contributed by atoms with Crippen molar-refractivity contribution < 1.29 is 4.79 Å². The van der Waals surface area contributed by atoms with Crippen LogP contribution in [0.4, 0.5) is 0 Å². The Kier molecular flexibility index (Phi) is 4.76. The summed E-state index contributed by atoms with van der Waals surface area (Å²) in [6, 6.07) is 8.46. The van der Waals surface area contributed by atoms with Crippen LogP contribution in [0.25, 0.3) is 0 Å². The average Bonchev–Trinajstić information content (AvgIpc) is 2.34. The molecule has 0 radical (unpaired) electrons. The molecular weight excluding hydrogens is 234 g/mol. The van der Waals surface area contributed by atoms with Gasteiger partial charge in [-0.25, -0.2) is 0 Å². The predicted molar refractivity (Wildman–Crippen MR) is 79.1 cm³/mol. The van der Waals surface area contributed by atoms with Crippen LogP contribution in [0.15, 0.2) is 24.3 Å². The molecule has 1 aromatic carbocycles. The van der Waals surface area contributed by atoms with E-state index >= 15 is 0 Å². The molecule has 1 aromatic rings. The van der Waals surface area contributed by atoms with Crippen molar-refractivity contribution in [3.8, 4) is 0 Å². The monoisotopic (exact) mass is 259 g/mol. The van der Waals surface area contributed by atoms with Crippen LogP contribution < -0.4 is 5.73 Å². The molecule has 1 aliphatic carbocycles. The van der Waals surface area contributed by atoms with E-state index in [9.17, 15) is 4.79 Å². The lowest BCUT2D eigenvalue weighted by Crippen LogP contribution is -2.24. The van der Waals surface area contributed by atoms with E-state index in [4.69, 9.17) is 5.73 Å². The first-order valence-corrected chi connectivity index (χ1v) is 7.39. The Hall–Kier alpha value is -1.15. The molecule has 0 fully saturated rings. The van der Waals surface area contributed by atoms with Gasteiger partial charge in [-0.1, -0.05) is 38.1 Å². The quantitative estimate of drug-likeness (QED) is 0.816. The molecule has 0 heterocycles. The molecule has 0 aliphatic heterocycles. The first-order chi connectivity index (χ1) is 9.10. The number of carbonyl (C=O) groups is 1. The number of rotatable bonds is 7. The maximum atomic E-state index is 12.2. The molecule has 2 atom stereocenters. The third-order valence-corrected chi connectivity index (χ3v) is 4.09. The van der Waals surface area contributed by atoms with Crippen LogP contribution in [0.2, 0.25) is 0 Å². The van der Waals surface area contributed by atoms with Gasteiger partial charge in [0.15, 0.2) is 0 Å². The second-order valence-electron chi connectivity index (χ2n) is 6.28. The molecule has 2 N–H and O–H groups in total. The maximum Gasteiger partial charge on any atom is 0.133 e. The molecule has 0 aromatic heterocycles. The van der Waals surface area contributed by atoms with E-state index in [2.05, 4.69) is 38.1 Å². The highest BCUT2D eigenvalue weighted by atomic mass is 16.1. The van der Waals surface area contributed by atoms with Gasteiger partial charge < -0.3 is 5.73 Å². The summed E-state index contributed by atoms with van der Waals surface area (Å²) >= 11 is 0. The van der Waals surface area contributed by atoms with Crippen molar-refractivity contribution in [3.63, 3.8) is 0 Å². The minimum absolute atomic E-state index is 0.364. The minimum Gasteiger partial charge on any atom is -0.330 e. The van der Waals surface area contributed by atoms with Crippen molar-refractivity contribution in [1.29, 1.82) is 0 Å². The molecule has 2 unspecified atom stereocenters. The van der Waals surface area contributed by atoms with Gasteiger partial charge in [0.25, 0.3) is 0 Å². The zero-order valence-electron chi connectivity index (χ0n) is 12.1. The second-order valence-corrected chi connectivity index (χ2v) is 6.28. The number of carbonyl (C=O) groups excluding carboxylic acids is 1. The van der Waals surface area contributed by atoms with Gasteiger partial charge in [0, 0.05) is 12.8 Å². The van der Waals surface area contributed by atoms with Gasteiger partial charge in [-0.3, -0.25) is 4.79 Å². The Morgan fingerprint density at radius 2 is 2.11 bits per heavy atom. The number of ketones is 1. The molecule has 0 bridgehead atoms. The fourth-order valence-electron chi connectivity index (χ4n) is 3.15. The third-order valence-electron chi connectivity index (χ3n) is 4.09. The Morgan fingerprint density at radius 3 is 2.74 bits per heavy atom. The van der Waals surface area contributed by atoms with E-state index in [0.717, 1.165) is 12.8 Å². The molecule has 1 aliphatic rings. The van der Waals surface area contributed by atoms with Crippen LogP contribution in [0, 0.1) is 11.8 Å². The molecule has 0 saturated heterocycles. The van der Waals surface area contributed by atoms with Gasteiger partial charge in [0.05, 0.1) is 0 Å². The van der Waals surface area contributed by atoms with Crippen molar-refractivity contribution in [2.24, 2.45) is 17.6 Å². The highest BCUT2D eigenvalue weighted by molar-refractivity contribution is 5.80. The highest BCUT2D eigenvalue weighted by Crippen LogP contribution is 2.37. The predicted octanol–water partition coefficient (Wildman–Crippen LogP) is 3.30. The molecule has 0 saturated carbocycles. The molecule has 104 valence electrons. The van der Waals surface area contributed by atoms with Gasteiger partial charge >= 0.3 is 0 Å². The van der Waals surface area contributed by atoms with Gasteiger partial charge in [0.2, 0.25) is 0 Å². The number of Topliss-reactive ketones (excluding diaryl/α,β-unsaturated/α-hetero) is 1. The summed E-state index contributed by atoms with van der Waals surface area (Å²) in [4.78, 5) is 12.2. The lowest BCUT2D eigenvalue weighted by atomic mass is 9.74. The van der Waals surface area contributed by atoms with E-state index in [-0.39, 0.29) is 0 Å². The lowest BCUT2D eigenvalue weighted by Gasteiger charge is -2.30. The molecule has 0 amide bonds. The first kappa shape index (κ1) is 14.3. The fraction of sp³-hybridized carbons (Fsp3) is 0.588. The van der Waals surface area contributed by atoms with E-state index in [1.165, 1.54) is 11.1 Å². The number of fused-ring (bicyclic) bond motifs is 1. The summed E-state index contributed by atoms with van der Waals surface area (Å²) < 4.78 is 0. The summed E-state index contributed by atoms with van der Waals surface area (Å²) in [7, 11) is 0. The molecule has 2 rings (SSSR count). The van der Waals surface area contributed by atoms with Crippen LogP contribution in [0.5, 0.6) is 0 Å². The van der Waals surface area contributed by atoms with E-state index in [0.29, 0.717) is 42.9 Å². The standard InChI is InChI=1S/C17H25NO/c1-12(2)7-13(11-18)8-16(19)10-15-9-14-5-3-4-6-17(14)15/h3-6,12-13,15H,7-11,18H2,1-2H3. The Morgan fingerprint density at radius 1 is 1.37 bits per heavy atom. The number of benzene rings is 1.